The molecule has 1 aliphatic heterocycles. The van der Waals surface area contributed by atoms with Crippen LogP contribution < -0.4 is 10.6 Å². The average Bonchev–Trinajstić information content (AvgIpc) is 3.01. The Morgan fingerprint density at radius 3 is 3.00 bits per heavy atom. The van der Waals surface area contributed by atoms with Crippen molar-refractivity contribution >= 4 is 17.2 Å². The number of carbonyl (C=O) groups excluding carboxylic acids is 1. The molecular weight excluding hydrogens is 268 g/mol. The van der Waals surface area contributed by atoms with Crippen LogP contribution >= 0.6 is 11.3 Å². The molecule has 1 aromatic heterocycles. The van der Waals surface area contributed by atoms with E-state index >= 15 is 0 Å². The molecule has 4 heteroatoms. The van der Waals surface area contributed by atoms with Crippen molar-refractivity contribution in [2.45, 2.75) is 63.6 Å². The average molecular weight is 292 g/mol. The van der Waals surface area contributed by atoms with Crippen LogP contribution in [0.25, 0.3) is 0 Å². The molecule has 1 aromatic rings. The molecule has 1 saturated carbocycles. The van der Waals surface area contributed by atoms with Gasteiger partial charge in [0, 0.05) is 6.04 Å². The monoisotopic (exact) mass is 292 g/mol. The number of nitrogens with one attached hydrogen (secondary N) is 2. The van der Waals surface area contributed by atoms with Crippen molar-refractivity contribution in [2.75, 3.05) is 0 Å². The summed E-state index contributed by atoms with van der Waals surface area (Å²) in [6.07, 6.45) is 7.47. The molecule has 4 unspecified atom stereocenters. The van der Waals surface area contributed by atoms with Crippen LogP contribution in [0.2, 0.25) is 0 Å². The Morgan fingerprint density at radius 1 is 1.35 bits per heavy atom. The summed E-state index contributed by atoms with van der Waals surface area (Å²) in [5.41, 5.74) is 1.20. The van der Waals surface area contributed by atoms with Gasteiger partial charge in [0.1, 0.15) is 0 Å². The van der Waals surface area contributed by atoms with Gasteiger partial charge in [0.25, 0.3) is 0 Å². The van der Waals surface area contributed by atoms with E-state index in [0.717, 1.165) is 12.3 Å². The fourth-order valence-corrected chi connectivity index (χ4v) is 4.37. The molecule has 2 aliphatic rings. The highest BCUT2D eigenvalue weighted by atomic mass is 32.1. The normalized spacial score (nSPS) is 31.4. The fraction of sp³-hybridized carbons (Fsp3) is 0.688. The van der Waals surface area contributed by atoms with Gasteiger partial charge < -0.3 is 10.6 Å². The maximum atomic E-state index is 12.4. The summed E-state index contributed by atoms with van der Waals surface area (Å²) < 4.78 is 0. The van der Waals surface area contributed by atoms with Crippen molar-refractivity contribution in [3.63, 3.8) is 0 Å². The van der Waals surface area contributed by atoms with Gasteiger partial charge in [-0.1, -0.05) is 12.8 Å². The maximum Gasteiger partial charge on any atom is 0.237 e. The molecule has 2 fully saturated rings. The predicted molar refractivity (Wildman–Crippen MR) is 82.8 cm³/mol. The molecular formula is C16H24N2OS. The van der Waals surface area contributed by atoms with Crippen LogP contribution in [-0.4, -0.2) is 18.0 Å². The maximum absolute atomic E-state index is 12.4. The third-order valence-corrected chi connectivity index (χ3v) is 5.57. The number of amides is 1. The molecule has 4 atom stereocenters. The second kappa shape index (κ2) is 6.27. The van der Waals surface area contributed by atoms with Gasteiger partial charge in [-0.05, 0) is 60.9 Å². The van der Waals surface area contributed by atoms with Crippen LogP contribution in [0.3, 0.4) is 0 Å². The second-order valence-corrected chi connectivity index (χ2v) is 7.01. The summed E-state index contributed by atoms with van der Waals surface area (Å²) in [7, 11) is 0. The summed E-state index contributed by atoms with van der Waals surface area (Å²) in [6.45, 7) is 2.06. The smallest absolute Gasteiger partial charge is 0.237 e. The van der Waals surface area contributed by atoms with E-state index in [2.05, 4.69) is 34.4 Å². The Morgan fingerprint density at radius 2 is 2.20 bits per heavy atom. The van der Waals surface area contributed by atoms with Gasteiger partial charge in [-0.15, -0.1) is 0 Å². The third kappa shape index (κ3) is 3.07. The van der Waals surface area contributed by atoms with Crippen LogP contribution in [0.4, 0.5) is 0 Å². The summed E-state index contributed by atoms with van der Waals surface area (Å²) in [4.78, 5) is 12.4. The molecule has 1 saturated heterocycles. The lowest BCUT2D eigenvalue weighted by Gasteiger charge is -2.40. The van der Waals surface area contributed by atoms with E-state index in [1.807, 2.05) is 0 Å². The van der Waals surface area contributed by atoms with Crippen molar-refractivity contribution in [2.24, 2.45) is 5.92 Å². The zero-order chi connectivity index (χ0) is 13.9. The first-order valence-corrected chi connectivity index (χ1v) is 8.77. The Hall–Kier alpha value is -0.870. The van der Waals surface area contributed by atoms with Crippen molar-refractivity contribution < 1.29 is 4.79 Å². The van der Waals surface area contributed by atoms with E-state index in [4.69, 9.17) is 0 Å². The van der Waals surface area contributed by atoms with Gasteiger partial charge in [0.2, 0.25) is 5.91 Å². The second-order valence-electron chi connectivity index (χ2n) is 6.23. The van der Waals surface area contributed by atoms with E-state index in [0.29, 0.717) is 6.04 Å². The van der Waals surface area contributed by atoms with Crippen molar-refractivity contribution in [1.29, 1.82) is 0 Å². The number of thiophene rings is 1. The summed E-state index contributed by atoms with van der Waals surface area (Å²) in [5.74, 6) is 0.981. The van der Waals surface area contributed by atoms with Gasteiger partial charge in [-0.3, -0.25) is 4.79 Å². The molecule has 2 heterocycles. The number of hydrogen-bond acceptors (Lipinski definition) is 3. The molecule has 3 rings (SSSR count). The molecule has 0 aromatic carbocycles. The molecule has 1 aliphatic carbocycles. The quantitative estimate of drug-likeness (QED) is 0.898. The van der Waals surface area contributed by atoms with Crippen molar-refractivity contribution in [1.82, 2.24) is 10.6 Å². The zero-order valence-corrected chi connectivity index (χ0v) is 12.9. The van der Waals surface area contributed by atoms with Crippen LogP contribution in [0.1, 0.15) is 57.1 Å². The van der Waals surface area contributed by atoms with E-state index < -0.39 is 0 Å². The number of hydrogen-bond donors (Lipinski definition) is 2. The van der Waals surface area contributed by atoms with Crippen molar-refractivity contribution in [3.8, 4) is 0 Å². The van der Waals surface area contributed by atoms with Gasteiger partial charge in [0.15, 0.2) is 0 Å². The Kier molecular flexibility index (Phi) is 4.41. The van der Waals surface area contributed by atoms with Crippen LogP contribution in [-0.2, 0) is 4.79 Å². The number of fused-ring (bicyclic) bond motifs is 1. The Labute approximate surface area is 125 Å². The summed E-state index contributed by atoms with van der Waals surface area (Å²) in [5, 5.41) is 10.9. The third-order valence-electron chi connectivity index (χ3n) is 4.87. The van der Waals surface area contributed by atoms with Crippen LogP contribution in [0, 0.1) is 5.92 Å². The molecule has 2 N–H and O–H groups in total. The standard InChI is InChI=1S/C16H24N2OS/c1-11(13-8-9-20-10-13)17-16(19)15-7-6-12-4-2-3-5-14(12)18-15/h8-12,14-15,18H,2-7H2,1H3,(H,17,19). The van der Waals surface area contributed by atoms with Gasteiger partial charge in [0.05, 0.1) is 12.1 Å². The lowest BCUT2D eigenvalue weighted by molar-refractivity contribution is -0.125. The molecule has 20 heavy (non-hydrogen) atoms. The van der Waals surface area contributed by atoms with Gasteiger partial charge in [-0.2, -0.15) is 11.3 Å². The molecule has 0 spiro atoms. The summed E-state index contributed by atoms with van der Waals surface area (Å²) in [6, 6.07) is 2.78. The highest BCUT2D eigenvalue weighted by Crippen LogP contribution is 2.32. The van der Waals surface area contributed by atoms with E-state index in [1.165, 1.54) is 37.7 Å². The highest BCUT2D eigenvalue weighted by molar-refractivity contribution is 7.07. The number of piperidine rings is 1. The largest absolute Gasteiger partial charge is 0.348 e. The van der Waals surface area contributed by atoms with Gasteiger partial charge >= 0.3 is 0 Å². The molecule has 0 bridgehead atoms. The first-order chi connectivity index (χ1) is 9.74. The first kappa shape index (κ1) is 14.1. The van der Waals surface area contributed by atoms with Crippen LogP contribution in [0.5, 0.6) is 0 Å². The first-order valence-electron chi connectivity index (χ1n) is 7.82. The Bertz CT molecular complexity index is 445. The van der Waals surface area contributed by atoms with Gasteiger partial charge in [-0.25, -0.2) is 0 Å². The fourth-order valence-electron chi connectivity index (χ4n) is 3.62. The zero-order valence-electron chi connectivity index (χ0n) is 12.1. The molecule has 110 valence electrons. The minimum absolute atomic E-state index is 0.00966. The number of rotatable bonds is 3. The lowest BCUT2D eigenvalue weighted by atomic mass is 9.77. The van der Waals surface area contributed by atoms with Crippen LogP contribution in [0.15, 0.2) is 16.8 Å². The SMILES string of the molecule is CC(NC(=O)C1CCC2CCCCC2N1)c1ccsc1. The highest BCUT2D eigenvalue weighted by Gasteiger charge is 2.34. The molecule has 3 nitrogen and oxygen atoms in total. The Balaban J connectivity index is 1.55. The molecule has 1 amide bonds. The predicted octanol–water partition coefficient (Wildman–Crippen LogP) is 3.24. The summed E-state index contributed by atoms with van der Waals surface area (Å²) >= 11 is 1.68. The minimum atomic E-state index is 0.00966. The molecule has 0 radical (unpaired) electrons. The lowest BCUT2D eigenvalue weighted by Crippen LogP contribution is -2.55. The van der Waals surface area contributed by atoms with Crippen molar-refractivity contribution in [3.05, 3.63) is 22.4 Å². The minimum Gasteiger partial charge on any atom is -0.348 e. The van der Waals surface area contributed by atoms with E-state index in [1.54, 1.807) is 11.3 Å². The van der Waals surface area contributed by atoms with E-state index in [-0.39, 0.29) is 18.0 Å². The number of carbonyl (C=O) groups is 1. The van der Waals surface area contributed by atoms with E-state index in [9.17, 15) is 4.79 Å². The topological polar surface area (TPSA) is 41.1 Å².